The Labute approximate surface area is 156 Å². The predicted molar refractivity (Wildman–Crippen MR) is 91.3 cm³/mol. The Balaban J connectivity index is 1.58. The zero-order valence-corrected chi connectivity index (χ0v) is 14.8. The van der Waals surface area contributed by atoms with Crippen molar-refractivity contribution < 1.29 is 26.7 Å². The standard InChI is InChI=1S/C17H16F5N3OS/c18-12-4-3-10(6-13(12)19)14-9-27-16(23-14)24-15(26)8-25-5-1-2-11(7-25)17(20,21)22/h3-4,6,9,11H,1-2,5,7-8H2,(H,23,24,26)/t11-/m1/s1. The summed E-state index contributed by atoms with van der Waals surface area (Å²) in [5, 5.41) is 4.35. The van der Waals surface area contributed by atoms with Crippen LogP contribution in [0.25, 0.3) is 11.3 Å². The van der Waals surface area contributed by atoms with E-state index in [4.69, 9.17) is 0 Å². The Morgan fingerprint density at radius 2 is 2.07 bits per heavy atom. The highest BCUT2D eigenvalue weighted by molar-refractivity contribution is 7.14. The molecule has 2 aromatic rings. The number of rotatable bonds is 4. The van der Waals surface area contributed by atoms with E-state index in [1.165, 1.54) is 11.0 Å². The SMILES string of the molecule is O=C(CN1CCC[C@@H](C(F)(F)F)C1)Nc1nc(-c2ccc(F)c(F)c2)cs1. The number of benzene rings is 1. The van der Waals surface area contributed by atoms with Crippen molar-refractivity contribution in [2.75, 3.05) is 25.0 Å². The molecule has 1 amide bonds. The Bertz CT molecular complexity index is 823. The van der Waals surface area contributed by atoms with E-state index in [1.807, 2.05) is 0 Å². The molecule has 1 aromatic carbocycles. The second kappa shape index (κ2) is 7.89. The number of nitrogens with zero attached hydrogens (tertiary/aromatic N) is 2. The zero-order chi connectivity index (χ0) is 19.6. The van der Waals surface area contributed by atoms with Crippen molar-refractivity contribution in [2.24, 2.45) is 5.92 Å². The van der Waals surface area contributed by atoms with E-state index >= 15 is 0 Å². The number of amides is 1. The molecule has 0 aliphatic carbocycles. The first kappa shape index (κ1) is 19.7. The Morgan fingerprint density at radius 3 is 2.78 bits per heavy atom. The van der Waals surface area contributed by atoms with Crippen LogP contribution in [0.3, 0.4) is 0 Å². The highest BCUT2D eigenvalue weighted by Gasteiger charge is 2.41. The maximum Gasteiger partial charge on any atom is 0.393 e. The molecule has 0 radical (unpaired) electrons. The number of likely N-dealkylation sites (tertiary alicyclic amines) is 1. The number of alkyl halides is 3. The van der Waals surface area contributed by atoms with Gasteiger partial charge in [-0.05, 0) is 37.6 Å². The predicted octanol–water partition coefficient (Wildman–Crippen LogP) is 4.30. The van der Waals surface area contributed by atoms with Gasteiger partial charge in [0, 0.05) is 17.5 Å². The molecule has 10 heteroatoms. The van der Waals surface area contributed by atoms with Crippen LogP contribution in [0.4, 0.5) is 27.1 Å². The second-order valence-corrected chi connectivity index (χ2v) is 7.19. The van der Waals surface area contributed by atoms with Crippen LogP contribution in [-0.2, 0) is 4.79 Å². The lowest BCUT2D eigenvalue weighted by molar-refractivity contribution is -0.186. The lowest BCUT2D eigenvalue weighted by Gasteiger charge is -2.33. The van der Waals surface area contributed by atoms with E-state index in [1.54, 1.807) is 5.38 Å². The smallest absolute Gasteiger partial charge is 0.301 e. The van der Waals surface area contributed by atoms with Gasteiger partial charge in [-0.25, -0.2) is 13.8 Å². The van der Waals surface area contributed by atoms with Gasteiger partial charge in [-0.15, -0.1) is 11.3 Å². The number of aromatic nitrogens is 1. The van der Waals surface area contributed by atoms with Crippen molar-refractivity contribution in [3.8, 4) is 11.3 Å². The largest absolute Gasteiger partial charge is 0.393 e. The Morgan fingerprint density at radius 1 is 1.30 bits per heavy atom. The van der Waals surface area contributed by atoms with Gasteiger partial charge in [0.15, 0.2) is 16.8 Å². The maximum absolute atomic E-state index is 13.3. The molecular weight excluding hydrogens is 389 g/mol. The number of hydrogen-bond donors (Lipinski definition) is 1. The number of nitrogens with one attached hydrogen (secondary N) is 1. The molecule has 1 aliphatic rings. The molecule has 146 valence electrons. The van der Waals surface area contributed by atoms with Crippen LogP contribution in [0.2, 0.25) is 0 Å². The minimum Gasteiger partial charge on any atom is -0.301 e. The molecule has 1 N–H and O–H groups in total. The fourth-order valence-corrected chi connectivity index (χ4v) is 3.68. The van der Waals surface area contributed by atoms with Crippen molar-refractivity contribution in [1.82, 2.24) is 9.88 Å². The summed E-state index contributed by atoms with van der Waals surface area (Å²) in [6, 6.07) is 3.35. The normalized spacial score (nSPS) is 18.5. The molecule has 0 unspecified atom stereocenters. The number of anilines is 1. The molecule has 1 fully saturated rings. The summed E-state index contributed by atoms with van der Waals surface area (Å²) < 4.78 is 64.8. The number of piperidine rings is 1. The van der Waals surface area contributed by atoms with Gasteiger partial charge in [-0.2, -0.15) is 13.2 Å². The van der Waals surface area contributed by atoms with Crippen LogP contribution in [0.1, 0.15) is 12.8 Å². The lowest BCUT2D eigenvalue weighted by atomic mass is 9.97. The summed E-state index contributed by atoms with van der Waals surface area (Å²) in [5.41, 5.74) is 0.721. The molecule has 0 bridgehead atoms. The van der Waals surface area contributed by atoms with E-state index in [2.05, 4.69) is 10.3 Å². The summed E-state index contributed by atoms with van der Waals surface area (Å²) in [4.78, 5) is 17.7. The van der Waals surface area contributed by atoms with Crippen LogP contribution in [0, 0.1) is 17.6 Å². The third-order valence-corrected chi connectivity index (χ3v) is 5.06. The third-order valence-electron chi connectivity index (χ3n) is 4.30. The van der Waals surface area contributed by atoms with Gasteiger partial charge >= 0.3 is 6.18 Å². The molecule has 1 aliphatic heterocycles. The average molecular weight is 405 g/mol. The molecular formula is C17H16F5N3OS. The van der Waals surface area contributed by atoms with Gasteiger partial charge in [-0.1, -0.05) is 0 Å². The first-order valence-electron chi connectivity index (χ1n) is 8.22. The molecule has 1 aromatic heterocycles. The van der Waals surface area contributed by atoms with Crippen LogP contribution < -0.4 is 5.32 Å². The molecule has 0 spiro atoms. The molecule has 3 rings (SSSR count). The van der Waals surface area contributed by atoms with Crippen molar-refractivity contribution in [1.29, 1.82) is 0 Å². The first-order chi connectivity index (χ1) is 12.7. The highest BCUT2D eigenvalue weighted by Crippen LogP contribution is 2.33. The Hall–Kier alpha value is -2.07. The number of carbonyl (C=O) groups excluding carboxylic acids is 1. The van der Waals surface area contributed by atoms with Crippen molar-refractivity contribution in [3.05, 3.63) is 35.2 Å². The van der Waals surface area contributed by atoms with Gasteiger partial charge in [-0.3, -0.25) is 9.69 Å². The summed E-state index contributed by atoms with van der Waals surface area (Å²) in [5.74, 6) is -3.86. The molecule has 2 heterocycles. The van der Waals surface area contributed by atoms with E-state index in [0.717, 1.165) is 23.5 Å². The van der Waals surface area contributed by atoms with Crippen LogP contribution in [-0.4, -0.2) is 41.6 Å². The van der Waals surface area contributed by atoms with Gasteiger partial charge in [0.1, 0.15) is 0 Å². The maximum atomic E-state index is 13.3. The number of hydrogen-bond acceptors (Lipinski definition) is 4. The minimum absolute atomic E-state index is 0.0751. The number of thiazole rings is 1. The molecule has 0 saturated carbocycles. The Kier molecular flexibility index (Phi) is 5.75. The summed E-state index contributed by atoms with van der Waals surface area (Å²) >= 11 is 1.09. The van der Waals surface area contributed by atoms with Gasteiger partial charge in [0.25, 0.3) is 0 Å². The number of halogens is 5. The number of carbonyl (C=O) groups is 1. The topological polar surface area (TPSA) is 45.2 Å². The second-order valence-electron chi connectivity index (χ2n) is 6.33. The van der Waals surface area contributed by atoms with E-state index in [9.17, 15) is 26.7 Å². The first-order valence-corrected chi connectivity index (χ1v) is 9.10. The van der Waals surface area contributed by atoms with E-state index in [0.29, 0.717) is 24.2 Å². The fraction of sp³-hybridized carbons (Fsp3) is 0.412. The van der Waals surface area contributed by atoms with Crippen LogP contribution >= 0.6 is 11.3 Å². The van der Waals surface area contributed by atoms with Gasteiger partial charge in [0.05, 0.1) is 18.2 Å². The minimum atomic E-state index is -4.26. The van der Waals surface area contributed by atoms with Gasteiger partial charge < -0.3 is 5.32 Å². The van der Waals surface area contributed by atoms with Crippen molar-refractivity contribution >= 4 is 22.4 Å². The average Bonchev–Trinajstić information content (AvgIpc) is 3.05. The summed E-state index contributed by atoms with van der Waals surface area (Å²) in [7, 11) is 0. The molecule has 1 saturated heterocycles. The monoisotopic (exact) mass is 405 g/mol. The van der Waals surface area contributed by atoms with E-state index < -0.39 is 29.6 Å². The molecule has 4 nitrogen and oxygen atoms in total. The van der Waals surface area contributed by atoms with Crippen molar-refractivity contribution in [3.63, 3.8) is 0 Å². The van der Waals surface area contributed by atoms with Gasteiger partial charge in [0.2, 0.25) is 5.91 Å². The van der Waals surface area contributed by atoms with Crippen LogP contribution in [0.15, 0.2) is 23.6 Å². The summed E-state index contributed by atoms with van der Waals surface area (Å²) in [6.45, 7) is 0.0690. The molecule has 1 atom stereocenters. The highest BCUT2D eigenvalue weighted by atomic mass is 32.1. The van der Waals surface area contributed by atoms with Crippen LogP contribution in [0.5, 0.6) is 0 Å². The zero-order valence-electron chi connectivity index (χ0n) is 14.0. The summed E-state index contributed by atoms with van der Waals surface area (Å²) in [6.07, 6.45) is -3.80. The fourth-order valence-electron chi connectivity index (χ4n) is 2.95. The lowest BCUT2D eigenvalue weighted by Crippen LogP contribution is -2.44. The van der Waals surface area contributed by atoms with E-state index in [-0.39, 0.29) is 24.6 Å². The van der Waals surface area contributed by atoms with Crippen molar-refractivity contribution in [2.45, 2.75) is 19.0 Å². The quantitative estimate of drug-likeness (QED) is 0.772. The third kappa shape index (κ3) is 5.01. The molecule has 27 heavy (non-hydrogen) atoms.